The summed E-state index contributed by atoms with van der Waals surface area (Å²) in [5, 5.41) is 11.4. The van der Waals surface area contributed by atoms with Crippen molar-refractivity contribution in [1.29, 1.82) is 0 Å². The molecule has 0 aromatic heterocycles. The number of benzene rings is 1. The maximum atomic E-state index is 8.42. The largest absolute Gasteiger partial charge is 0.409 e. The predicted molar refractivity (Wildman–Crippen MR) is 67.8 cm³/mol. The minimum atomic E-state index is 0.328. The molecule has 0 aliphatic carbocycles. The van der Waals surface area contributed by atoms with Crippen LogP contribution in [0, 0.1) is 0 Å². The van der Waals surface area contributed by atoms with Gasteiger partial charge in [0.05, 0.1) is 0 Å². The first-order valence-corrected chi connectivity index (χ1v) is 6.05. The minimum Gasteiger partial charge on any atom is -0.409 e. The third kappa shape index (κ3) is 3.20. The molecule has 0 amide bonds. The van der Waals surface area contributed by atoms with E-state index in [4.69, 9.17) is 10.9 Å². The van der Waals surface area contributed by atoms with E-state index in [1.54, 1.807) is 0 Å². The molecule has 92 valence electrons. The molecule has 1 aromatic rings. The van der Waals surface area contributed by atoms with Crippen LogP contribution in [-0.4, -0.2) is 22.5 Å². The summed E-state index contributed by atoms with van der Waals surface area (Å²) in [6.07, 6.45) is 2.74. The maximum absolute atomic E-state index is 8.42. The van der Waals surface area contributed by atoms with E-state index in [0.717, 1.165) is 32.5 Å². The molecule has 0 bridgehead atoms. The Morgan fingerprint density at radius 1 is 1.24 bits per heavy atom. The maximum Gasteiger partial charge on any atom is 0.139 e. The molecule has 0 spiro atoms. The highest BCUT2D eigenvalue weighted by atomic mass is 16.4. The normalized spacial score (nSPS) is 16.1. The Bertz CT molecular complexity index is 378. The number of nitrogens with two attached hydrogens (primary N) is 1. The van der Waals surface area contributed by atoms with E-state index in [0.29, 0.717) is 12.3 Å². The SMILES string of the molecule is NC(CCCCN1Cc2ccccc2C1)=NO. The quantitative estimate of drug-likeness (QED) is 0.268. The van der Waals surface area contributed by atoms with E-state index in [-0.39, 0.29) is 0 Å². The molecular formula is C13H19N3O. The summed E-state index contributed by atoms with van der Waals surface area (Å²) in [7, 11) is 0. The van der Waals surface area contributed by atoms with Crippen LogP contribution >= 0.6 is 0 Å². The standard InChI is InChI=1S/C13H19N3O/c14-13(15-17)7-3-4-8-16-9-11-5-1-2-6-12(11)10-16/h1-2,5-6,17H,3-4,7-10H2,(H2,14,15). The van der Waals surface area contributed by atoms with Gasteiger partial charge in [-0.05, 0) is 30.5 Å². The fraction of sp³-hybridized carbons (Fsp3) is 0.462. The number of oxime groups is 1. The summed E-state index contributed by atoms with van der Waals surface area (Å²) in [5.74, 6) is 0.328. The van der Waals surface area contributed by atoms with Crippen LogP contribution in [-0.2, 0) is 13.1 Å². The van der Waals surface area contributed by atoms with Crippen molar-refractivity contribution in [3.8, 4) is 0 Å². The topological polar surface area (TPSA) is 61.8 Å². The van der Waals surface area contributed by atoms with Gasteiger partial charge in [-0.3, -0.25) is 4.90 Å². The van der Waals surface area contributed by atoms with Crippen molar-refractivity contribution in [2.45, 2.75) is 32.4 Å². The fourth-order valence-electron chi connectivity index (χ4n) is 2.25. The van der Waals surface area contributed by atoms with Crippen LogP contribution in [0.3, 0.4) is 0 Å². The Kier molecular flexibility index (Phi) is 3.98. The highest BCUT2D eigenvalue weighted by Crippen LogP contribution is 2.22. The zero-order valence-electron chi connectivity index (χ0n) is 9.97. The lowest BCUT2D eigenvalue weighted by Crippen LogP contribution is -2.18. The third-order valence-electron chi connectivity index (χ3n) is 3.19. The number of hydrogen-bond acceptors (Lipinski definition) is 3. The van der Waals surface area contributed by atoms with Crippen molar-refractivity contribution in [2.75, 3.05) is 6.54 Å². The van der Waals surface area contributed by atoms with Crippen LogP contribution in [0.5, 0.6) is 0 Å². The fourth-order valence-corrected chi connectivity index (χ4v) is 2.25. The predicted octanol–water partition coefficient (Wildman–Crippen LogP) is 1.92. The molecule has 4 nitrogen and oxygen atoms in total. The van der Waals surface area contributed by atoms with Gasteiger partial charge in [0.15, 0.2) is 0 Å². The molecule has 0 radical (unpaired) electrons. The van der Waals surface area contributed by atoms with Crippen LogP contribution in [0.15, 0.2) is 29.4 Å². The number of nitrogens with zero attached hydrogens (tertiary/aromatic N) is 2. The van der Waals surface area contributed by atoms with Gasteiger partial charge >= 0.3 is 0 Å². The second-order valence-electron chi connectivity index (χ2n) is 4.53. The van der Waals surface area contributed by atoms with E-state index in [9.17, 15) is 0 Å². The molecule has 1 aromatic carbocycles. The van der Waals surface area contributed by atoms with Crippen LogP contribution in [0.25, 0.3) is 0 Å². The van der Waals surface area contributed by atoms with E-state index in [1.165, 1.54) is 11.1 Å². The van der Waals surface area contributed by atoms with Gasteiger partial charge in [0.25, 0.3) is 0 Å². The van der Waals surface area contributed by atoms with E-state index in [1.807, 2.05) is 0 Å². The molecule has 0 unspecified atom stereocenters. The van der Waals surface area contributed by atoms with Gasteiger partial charge in [-0.15, -0.1) is 0 Å². The van der Waals surface area contributed by atoms with Crippen molar-refractivity contribution < 1.29 is 5.21 Å². The molecule has 1 aliphatic rings. The minimum absolute atomic E-state index is 0.328. The van der Waals surface area contributed by atoms with Crippen molar-refractivity contribution >= 4 is 5.84 Å². The Labute approximate surface area is 102 Å². The van der Waals surface area contributed by atoms with Gasteiger partial charge < -0.3 is 10.9 Å². The van der Waals surface area contributed by atoms with E-state index in [2.05, 4.69) is 34.3 Å². The Balaban J connectivity index is 1.70. The van der Waals surface area contributed by atoms with Gasteiger partial charge in [-0.1, -0.05) is 29.4 Å². The molecule has 3 N–H and O–H groups in total. The van der Waals surface area contributed by atoms with Crippen molar-refractivity contribution in [2.24, 2.45) is 10.9 Å². The lowest BCUT2D eigenvalue weighted by Gasteiger charge is -2.13. The highest BCUT2D eigenvalue weighted by molar-refractivity contribution is 5.79. The summed E-state index contributed by atoms with van der Waals surface area (Å²) in [6.45, 7) is 3.19. The molecule has 0 saturated heterocycles. The summed E-state index contributed by atoms with van der Waals surface area (Å²) >= 11 is 0. The number of rotatable bonds is 5. The van der Waals surface area contributed by atoms with Crippen LogP contribution in [0.2, 0.25) is 0 Å². The lowest BCUT2D eigenvalue weighted by atomic mass is 10.1. The second kappa shape index (κ2) is 5.68. The first kappa shape index (κ1) is 11.9. The molecule has 17 heavy (non-hydrogen) atoms. The Morgan fingerprint density at radius 3 is 2.47 bits per heavy atom. The first-order chi connectivity index (χ1) is 8.29. The summed E-state index contributed by atoms with van der Waals surface area (Å²) in [4.78, 5) is 2.44. The molecular weight excluding hydrogens is 214 g/mol. The molecule has 4 heteroatoms. The van der Waals surface area contributed by atoms with Gasteiger partial charge in [-0.25, -0.2) is 0 Å². The first-order valence-electron chi connectivity index (χ1n) is 6.05. The van der Waals surface area contributed by atoms with Crippen LogP contribution in [0.1, 0.15) is 30.4 Å². The van der Waals surface area contributed by atoms with Crippen molar-refractivity contribution in [3.05, 3.63) is 35.4 Å². The molecule has 0 fully saturated rings. The molecule has 0 saturated carbocycles. The summed E-state index contributed by atoms with van der Waals surface area (Å²) in [5.41, 5.74) is 8.32. The van der Waals surface area contributed by atoms with Gasteiger partial charge in [0.1, 0.15) is 5.84 Å². The summed E-state index contributed by atoms with van der Waals surface area (Å²) in [6, 6.07) is 8.60. The second-order valence-corrected chi connectivity index (χ2v) is 4.53. The average molecular weight is 233 g/mol. The van der Waals surface area contributed by atoms with Crippen LogP contribution in [0.4, 0.5) is 0 Å². The monoisotopic (exact) mass is 233 g/mol. The smallest absolute Gasteiger partial charge is 0.139 e. The summed E-state index contributed by atoms with van der Waals surface area (Å²) < 4.78 is 0. The number of fused-ring (bicyclic) bond motifs is 1. The van der Waals surface area contributed by atoms with Crippen LogP contribution < -0.4 is 5.73 Å². The Hall–Kier alpha value is -1.55. The van der Waals surface area contributed by atoms with Crippen molar-refractivity contribution in [3.63, 3.8) is 0 Å². The highest BCUT2D eigenvalue weighted by Gasteiger charge is 2.16. The van der Waals surface area contributed by atoms with Gasteiger partial charge in [0.2, 0.25) is 0 Å². The molecule has 1 aliphatic heterocycles. The molecule has 1 heterocycles. The number of unbranched alkanes of at least 4 members (excludes halogenated alkanes) is 1. The van der Waals surface area contributed by atoms with E-state index >= 15 is 0 Å². The third-order valence-corrected chi connectivity index (χ3v) is 3.19. The zero-order chi connectivity index (χ0) is 12.1. The zero-order valence-corrected chi connectivity index (χ0v) is 9.97. The number of amidine groups is 1. The van der Waals surface area contributed by atoms with Gasteiger partial charge in [-0.2, -0.15) is 0 Å². The van der Waals surface area contributed by atoms with Gasteiger partial charge in [0, 0.05) is 19.5 Å². The molecule has 2 rings (SSSR count). The lowest BCUT2D eigenvalue weighted by molar-refractivity contribution is 0.278. The number of hydrogen-bond donors (Lipinski definition) is 2. The van der Waals surface area contributed by atoms with E-state index < -0.39 is 0 Å². The van der Waals surface area contributed by atoms with Crippen molar-refractivity contribution in [1.82, 2.24) is 4.90 Å². The molecule has 0 atom stereocenters. The average Bonchev–Trinajstić information content (AvgIpc) is 2.76. The Morgan fingerprint density at radius 2 is 1.88 bits per heavy atom.